The van der Waals surface area contributed by atoms with Crippen LogP contribution in [0, 0.1) is 0 Å². The second kappa shape index (κ2) is 5.95. The zero-order valence-electron chi connectivity index (χ0n) is 11.4. The third-order valence-corrected chi connectivity index (χ3v) is 3.04. The van der Waals surface area contributed by atoms with Crippen molar-refractivity contribution < 1.29 is 17.9 Å². The van der Waals surface area contributed by atoms with Gasteiger partial charge in [-0.25, -0.2) is 0 Å². The molecule has 3 nitrogen and oxygen atoms in total. The summed E-state index contributed by atoms with van der Waals surface area (Å²) in [6.07, 6.45) is -4.39. The molecule has 0 aliphatic carbocycles. The van der Waals surface area contributed by atoms with Crippen LogP contribution in [0.4, 0.5) is 24.5 Å². The molecule has 2 aromatic carbocycles. The van der Waals surface area contributed by atoms with Crippen molar-refractivity contribution in [3.63, 3.8) is 0 Å². The Morgan fingerprint density at radius 3 is 2.48 bits per heavy atom. The van der Waals surface area contributed by atoms with Gasteiger partial charge in [-0.15, -0.1) is 0 Å². The van der Waals surface area contributed by atoms with Gasteiger partial charge in [-0.3, -0.25) is 0 Å². The molecule has 0 aliphatic heterocycles. The normalized spacial score (nSPS) is 11.2. The molecular formula is C15H15F3N2O. The van der Waals surface area contributed by atoms with Crippen LogP contribution in [-0.2, 0) is 12.7 Å². The number of hydrogen-bond donors (Lipinski definition) is 2. The van der Waals surface area contributed by atoms with Crippen molar-refractivity contribution in [3.8, 4) is 5.75 Å². The van der Waals surface area contributed by atoms with Crippen LogP contribution >= 0.6 is 0 Å². The van der Waals surface area contributed by atoms with Gasteiger partial charge in [-0.05, 0) is 24.3 Å². The number of rotatable bonds is 4. The van der Waals surface area contributed by atoms with E-state index in [1.807, 2.05) is 24.3 Å². The summed E-state index contributed by atoms with van der Waals surface area (Å²) in [4.78, 5) is 0. The highest BCUT2D eigenvalue weighted by Gasteiger charge is 2.30. The van der Waals surface area contributed by atoms with Gasteiger partial charge < -0.3 is 15.8 Å². The maximum Gasteiger partial charge on any atom is 0.416 e. The molecule has 0 unspecified atom stereocenters. The van der Waals surface area contributed by atoms with Gasteiger partial charge in [0, 0.05) is 12.1 Å². The maximum absolute atomic E-state index is 12.6. The molecule has 6 heteroatoms. The number of methoxy groups -OCH3 is 1. The van der Waals surface area contributed by atoms with E-state index in [2.05, 4.69) is 5.32 Å². The lowest BCUT2D eigenvalue weighted by Crippen LogP contribution is -2.08. The standard InChI is InChI=1S/C15H15F3N2O/c1-21-14-5-3-2-4-10(14)9-20-13-7-6-11(8-12(13)19)15(16,17)18/h2-8,20H,9,19H2,1H3. The van der Waals surface area contributed by atoms with Gasteiger partial charge in [-0.2, -0.15) is 13.2 Å². The summed E-state index contributed by atoms with van der Waals surface area (Å²) in [6, 6.07) is 10.6. The lowest BCUT2D eigenvalue weighted by Gasteiger charge is -2.14. The number of nitrogens with two attached hydrogens (primary N) is 1. The van der Waals surface area contributed by atoms with Crippen molar-refractivity contribution in [3.05, 3.63) is 53.6 Å². The number of nitrogen functional groups attached to an aromatic ring is 1. The minimum atomic E-state index is -4.39. The summed E-state index contributed by atoms with van der Waals surface area (Å²) in [5.41, 5.74) is 6.29. The smallest absolute Gasteiger partial charge is 0.416 e. The molecular weight excluding hydrogens is 281 g/mol. The summed E-state index contributed by atoms with van der Waals surface area (Å²) in [5.74, 6) is 0.704. The topological polar surface area (TPSA) is 47.3 Å². The number of benzene rings is 2. The Morgan fingerprint density at radius 1 is 1.14 bits per heavy atom. The van der Waals surface area contributed by atoms with Crippen molar-refractivity contribution in [2.24, 2.45) is 0 Å². The van der Waals surface area contributed by atoms with Gasteiger partial charge in [0.05, 0.1) is 24.0 Å². The first kappa shape index (κ1) is 15.0. The lowest BCUT2D eigenvalue weighted by atomic mass is 10.1. The van der Waals surface area contributed by atoms with E-state index >= 15 is 0 Å². The zero-order chi connectivity index (χ0) is 15.5. The van der Waals surface area contributed by atoms with Crippen LogP contribution in [0.15, 0.2) is 42.5 Å². The van der Waals surface area contributed by atoms with Gasteiger partial charge in [0.2, 0.25) is 0 Å². The van der Waals surface area contributed by atoms with E-state index < -0.39 is 11.7 Å². The summed E-state index contributed by atoms with van der Waals surface area (Å²) in [6.45, 7) is 0.402. The molecule has 0 saturated carbocycles. The fourth-order valence-corrected chi connectivity index (χ4v) is 1.94. The van der Waals surface area contributed by atoms with Gasteiger partial charge in [0.1, 0.15) is 5.75 Å². The van der Waals surface area contributed by atoms with Crippen molar-refractivity contribution in [2.45, 2.75) is 12.7 Å². The number of ether oxygens (including phenoxy) is 1. The molecule has 2 aromatic rings. The van der Waals surface area contributed by atoms with Crippen LogP contribution in [0.5, 0.6) is 5.75 Å². The largest absolute Gasteiger partial charge is 0.496 e. The molecule has 0 amide bonds. The van der Waals surface area contributed by atoms with Crippen molar-refractivity contribution in [1.82, 2.24) is 0 Å². The van der Waals surface area contributed by atoms with E-state index in [1.165, 1.54) is 6.07 Å². The van der Waals surface area contributed by atoms with Crippen LogP contribution in [-0.4, -0.2) is 7.11 Å². The third kappa shape index (κ3) is 3.59. The average Bonchev–Trinajstić information content (AvgIpc) is 2.45. The van der Waals surface area contributed by atoms with Gasteiger partial charge in [-0.1, -0.05) is 18.2 Å². The SMILES string of the molecule is COc1ccccc1CNc1ccc(C(F)(F)F)cc1N. The summed E-state index contributed by atoms with van der Waals surface area (Å²) >= 11 is 0. The molecule has 0 saturated heterocycles. The Balaban J connectivity index is 2.14. The van der Waals surface area contributed by atoms with Crippen LogP contribution in [0.3, 0.4) is 0 Å². The summed E-state index contributed by atoms with van der Waals surface area (Å²) < 4.78 is 42.9. The minimum absolute atomic E-state index is 0.0553. The Labute approximate surface area is 120 Å². The Bertz CT molecular complexity index is 627. The predicted octanol–water partition coefficient (Wildman–Crippen LogP) is 3.91. The molecule has 0 aromatic heterocycles. The highest BCUT2D eigenvalue weighted by Crippen LogP contribution is 2.33. The molecule has 2 rings (SSSR count). The van der Waals surface area contributed by atoms with Crippen molar-refractivity contribution in [2.75, 3.05) is 18.2 Å². The number of para-hydroxylation sites is 1. The number of hydrogen-bond acceptors (Lipinski definition) is 3. The molecule has 112 valence electrons. The minimum Gasteiger partial charge on any atom is -0.496 e. The molecule has 0 spiro atoms. The number of anilines is 2. The fourth-order valence-electron chi connectivity index (χ4n) is 1.94. The van der Waals surface area contributed by atoms with E-state index in [-0.39, 0.29) is 5.69 Å². The lowest BCUT2D eigenvalue weighted by molar-refractivity contribution is -0.137. The first-order valence-corrected chi connectivity index (χ1v) is 6.24. The second-order valence-corrected chi connectivity index (χ2v) is 4.47. The summed E-state index contributed by atoms with van der Waals surface area (Å²) in [7, 11) is 1.56. The molecule has 3 N–H and O–H groups in total. The molecule has 0 aliphatic rings. The first-order valence-electron chi connectivity index (χ1n) is 6.24. The number of halogens is 3. The number of alkyl halides is 3. The van der Waals surface area contributed by atoms with Crippen molar-refractivity contribution >= 4 is 11.4 Å². The molecule has 0 radical (unpaired) electrons. The molecule has 0 heterocycles. The van der Waals surface area contributed by atoms with Crippen LogP contribution in [0.2, 0.25) is 0 Å². The highest BCUT2D eigenvalue weighted by molar-refractivity contribution is 5.67. The van der Waals surface area contributed by atoms with Crippen molar-refractivity contribution in [1.29, 1.82) is 0 Å². The zero-order valence-corrected chi connectivity index (χ0v) is 11.4. The van der Waals surface area contributed by atoms with Crippen LogP contribution in [0.25, 0.3) is 0 Å². The molecule has 0 fully saturated rings. The van der Waals surface area contributed by atoms with Gasteiger partial charge in [0.25, 0.3) is 0 Å². The maximum atomic E-state index is 12.6. The first-order chi connectivity index (χ1) is 9.91. The van der Waals surface area contributed by atoms with Gasteiger partial charge >= 0.3 is 6.18 Å². The summed E-state index contributed by atoms with van der Waals surface area (Å²) in [5, 5.41) is 3.01. The Kier molecular flexibility index (Phi) is 4.26. The molecule has 0 bridgehead atoms. The van der Waals surface area contributed by atoms with E-state index in [1.54, 1.807) is 7.11 Å². The highest BCUT2D eigenvalue weighted by atomic mass is 19.4. The second-order valence-electron chi connectivity index (χ2n) is 4.47. The van der Waals surface area contributed by atoms with E-state index in [9.17, 15) is 13.2 Å². The number of nitrogens with one attached hydrogen (secondary N) is 1. The average molecular weight is 296 g/mol. The van der Waals surface area contributed by atoms with E-state index in [4.69, 9.17) is 10.5 Å². The molecule has 0 atom stereocenters. The fraction of sp³-hybridized carbons (Fsp3) is 0.200. The van der Waals surface area contributed by atoms with Crippen LogP contribution < -0.4 is 15.8 Å². The molecule has 21 heavy (non-hydrogen) atoms. The Morgan fingerprint density at radius 2 is 1.86 bits per heavy atom. The van der Waals surface area contributed by atoms with Crippen LogP contribution in [0.1, 0.15) is 11.1 Å². The predicted molar refractivity (Wildman–Crippen MR) is 76.2 cm³/mol. The quantitative estimate of drug-likeness (QED) is 0.841. The van der Waals surface area contributed by atoms with E-state index in [0.29, 0.717) is 18.0 Å². The third-order valence-electron chi connectivity index (χ3n) is 3.04. The van der Waals surface area contributed by atoms with Gasteiger partial charge in [0.15, 0.2) is 0 Å². The Hall–Kier alpha value is -2.37. The monoisotopic (exact) mass is 296 g/mol. The van der Waals surface area contributed by atoms with E-state index in [0.717, 1.165) is 17.7 Å².